The van der Waals surface area contributed by atoms with Crippen LogP contribution in [0.1, 0.15) is 36.4 Å². The first-order chi connectivity index (χ1) is 12.4. The molecule has 0 heterocycles. The Morgan fingerprint density at radius 1 is 1.15 bits per heavy atom. The molecule has 6 heteroatoms. The third kappa shape index (κ3) is 3.74. The standard InChI is InChI=1S/C20H19F2NO3/c1-11(20(25)26)18(12-5-3-2-4-6-12)23-19(24)16-10-15(16)14-8-7-13(21)9-17(14)22/h2-9,11,15-16,18H,10H2,1H3,(H,23,24)(H,25,26). The summed E-state index contributed by atoms with van der Waals surface area (Å²) in [5, 5.41) is 12.1. The van der Waals surface area contributed by atoms with Gasteiger partial charge in [-0.2, -0.15) is 0 Å². The van der Waals surface area contributed by atoms with E-state index in [1.807, 2.05) is 6.07 Å². The first-order valence-corrected chi connectivity index (χ1v) is 8.41. The van der Waals surface area contributed by atoms with Crippen LogP contribution in [0.25, 0.3) is 0 Å². The molecule has 0 spiro atoms. The summed E-state index contributed by atoms with van der Waals surface area (Å²) in [6, 6.07) is 11.5. The van der Waals surface area contributed by atoms with Crippen molar-refractivity contribution >= 4 is 11.9 Å². The maximum absolute atomic E-state index is 13.9. The van der Waals surface area contributed by atoms with Crippen molar-refractivity contribution in [3.8, 4) is 0 Å². The molecule has 0 radical (unpaired) electrons. The Hall–Kier alpha value is -2.76. The summed E-state index contributed by atoms with van der Waals surface area (Å²) in [7, 11) is 0. The van der Waals surface area contributed by atoms with Crippen LogP contribution in [0.5, 0.6) is 0 Å². The van der Waals surface area contributed by atoms with Crippen LogP contribution < -0.4 is 5.32 Å². The largest absolute Gasteiger partial charge is 0.481 e. The summed E-state index contributed by atoms with van der Waals surface area (Å²) in [5.41, 5.74) is 1.01. The summed E-state index contributed by atoms with van der Waals surface area (Å²) in [4.78, 5) is 24.0. The zero-order valence-corrected chi connectivity index (χ0v) is 14.2. The molecule has 0 aromatic heterocycles. The molecular weight excluding hydrogens is 340 g/mol. The fourth-order valence-electron chi connectivity index (χ4n) is 3.19. The molecule has 4 unspecified atom stereocenters. The molecule has 0 bridgehead atoms. The lowest BCUT2D eigenvalue weighted by atomic mass is 9.94. The van der Waals surface area contributed by atoms with Crippen molar-refractivity contribution in [3.63, 3.8) is 0 Å². The second-order valence-corrected chi connectivity index (χ2v) is 6.64. The minimum Gasteiger partial charge on any atom is -0.481 e. The van der Waals surface area contributed by atoms with Crippen molar-refractivity contribution < 1.29 is 23.5 Å². The predicted molar refractivity (Wildman–Crippen MR) is 91.3 cm³/mol. The van der Waals surface area contributed by atoms with Gasteiger partial charge in [0.05, 0.1) is 12.0 Å². The van der Waals surface area contributed by atoms with E-state index in [2.05, 4.69) is 5.32 Å². The monoisotopic (exact) mass is 359 g/mol. The SMILES string of the molecule is CC(C(=O)O)C(NC(=O)C1CC1c1ccc(F)cc1F)c1ccccc1. The number of benzene rings is 2. The molecule has 136 valence electrons. The lowest BCUT2D eigenvalue weighted by Crippen LogP contribution is -2.36. The number of aliphatic carboxylic acids is 1. The molecule has 4 atom stereocenters. The first kappa shape index (κ1) is 18.0. The van der Waals surface area contributed by atoms with E-state index >= 15 is 0 Å². The predicted octanol–water partition coefficient (Wildman–Crippen LogP) is 3.65. The van der Waals surface area contributed by atoms with Crippen LogP contribution in [0.2, 0.25) is 0 Å². The van der Waals surface area contributed by atoms with Gasteiger partial charge in [-0.05, 0) is 36.5 Å². The van der Waals surface area contributed by atoms with Gasteiger partial charge in [0, 0.05) is 12.0 Å². The number of nitrogens with one attached hydrogen (secondary N) is 1. The van der Waals surface area contributed by atoms with Gasteiger partial charge in [-0.15, -0.1) is 0 Å². The van der Waals surface area contributed by atoms with Crippen LogP contribution in [0, 0.1) is 23.5 Å². The zero-order valence-electron chi connectivity index (χ0n) is 14.2. The van der Waals surface area contributed by atoms with Crippen LogP contribution in [0.15, 0.2) is 48.5 Å². The van der Waals surface area contributed by atoms with E-state index < -0.39 is 35.5 Å². The molecule has 1 aliphatic rings. The Labute approximate surface area is 149 Å². The highest BCUT2D eigenvalue weighted by Gasteiger charge is 2.46. The quantitative estimate of drug-likeness (QED) is 0.827. The summed E-state index contributed by atoms with van der Waals surface area (Å²) < 4.78 is 26.9. The van der Waals surface area contributed by atoms with Crippen molar-refractivity contribution in [1.29, 1.82) is 0 Å². The molecule has 2 N–H and O–H groups in total. The zero-order chi connectivity index (χ0) is 18.8. The van der Waals surface area contributed by atoms with E-state index in [4.69, 9.17) is 0 Å². The van der Waals surface area contributed by atoms with Crippen LogP contribution >= 0.6 is 0 Å². The lowest BCUT2D eigenvalue weighted by molar-refractivity contribution is -0.142. The number of hydrogen-bond donors (Lipinski definition) is 2. The maximum atomic E-state index is 13.9. The van der Waals surface area contributed by atoms with E-state index in [-0.39, 0.29) is 11.8 Å². The Bertz CT molecular complexity index is 825. The average Bonchev–Trinajstić information content (AvgIpc) is 3.40. The molecule has 0 aliphatic heterocycles. The molecule has 1 amide bonds. The van der Waals surface area contributed by atoms with Crippen molar-refractivity contribution in [1.82, 2.24) is 5.32 Å². The smallest absolute Gasteiger partial charge is 0.308 e. The van der Waals surface area contributed by atoms with Crippen LogP contribution in [0.4, 0.5) is 8.78 Å². The number of carbonyl (C=O) groups excluding carboxylic acids is 1. The molecule has 0 saturated heterocycles. The summed E-state index contributed by atoms with van der Waals surface area (Å²) in [6.07, 6.45) is 0.456. The number of carbonyl (C=O) groups is 2. The van der Waals surface area contributed by atoms with Crippen molar-refractivity contribution in [2.75, 3.05) is 0 Å². The van der Waals surface area contributed by atoms with E-state index in [0.29, 0.717) is 17.5 Å². The van der Waals surface area contributed by atoms with Crippen LogP contribution in [-0.2, 0) is 9.59 Å². The van der Waals surface area contributed by atoms with Crippen LogP contribution in [0.3, 0.4) is 0 Å². The highest BCUT2D eigenvalue weighted by atomic mass is 19.1. The fourth-order valence-corrected chi connectivity index (χ4v) is 3.19. The summed E-state index contributed by atoms with van der Waals surface area (Å²) in [6.45, 7) is 1.53. The van der Waals surface area contributed by atoms with Gasteiger partial charge in [-0.3, -0.25) is 9.59 Å². The third-order valence-corrected chi connectivity index (χ3v) is 4.84. The van der Waals surface area contributed by atoms with Crippen molar-refractivity contribution in [2.45, 2.75) is 25.3 Å². The van der Waals surface area contributed by atoms with Gasteiger partial charge in [-0.1, -0.05) is 36.4 Å². The molecule has 2 aromatic carbocycles. The number of halogens is 2. The first-order valence-electron chi connectivity index (χ1n) is 8.41. The molecule has 1 aliphatic carbocycles. The Morgan fingerprint density at radius 3 is 2.46 bits per heavy atom. The van der Waals surface area contributed by atoms with E-state index in [9.17, 15) is 23.5 Å². The topological polar surface area (TPSA) is 66.4 Å². The highest BCUT2D eigenvalue weighted by molar-refractivity contribution is 5.84. The second-order valence-electron chi connectivity index (χ2n) is 6.64. The fraction of sp³-hybridized carbons (Fsp3) is 0.300. The number of carboxylic acid groups (broad SMARTS) is 1. The number of rotatable bonds is 6. The van der Waals surface area contributed by atoms with E-state index in [0.717, 1.165) is 6.07 Å². The van der Waals surface area contributed by atoms with Crippen LogP contribution in [-0.4, -0.2) is 17.0 Å². The van der Waals surface area contributed by atoms with Gasteiger partial charge < -0.3 is 10.4 Å². The van der Waals surface area contributed by atoms with Crippen molar-refractivity contribution in [2.24, 2.45) is 11.8 Å². The number of carboxylic acids is 1. The van der Waals surface area contributed by atoms with E-state index in [1.165, 1.54) is 19.1 Å². The van der Waals surface area contributed by atoms with Gasteiger partial charge in [0.1, 0.15) is 11.6 Å². The van der Waals surface area contributed by atoms with Gasteiger partial charge in [-0.25, -0.2) is 8.78 Å². The van der Waals surface area contributed by atoms with Gasteiger partial charge in [0.2, 0.25) is 5.91 Å². The molecule has 26 heavy (non-hydrogen) atoms. The minimum absolute atomic E-state index is 0.313. The number of hydrogen-bond acceptors (Lipinski definition) is 2. The summed E-state index contributed by atoms with van der Waals surface area (Å²) >= 11 is 0. The Balaban J connectivity index is 1.74. The average molecular weight is 359 g/mol. The molecular formula is C20H19F2NO3. The van der Waals surface area contributed by atoms with E-state index in [1.54, 1.807) is 24.3 Å². The highest BCUT2D eigenvalue weighted by Crippen LogP contribution is 2.48. The Morgan fingerprint density at radius 2 is 1.85 bits per heavy atom. The van der Waals surface area contributed by atoms with Gasteiger partial charge in [0.15, 0.2) is 0 Å². The molecule has 4 nitrogen and oxygen atoms in total. The van der Waals surface area contributed by atoms with Gasteiger partial charge >= 0.3 is 5.97 Å². The molecule has 1 fully saturated rings. The molecule has 2 aromatic rings. The van der Waals surface area contributed by atoms with Gasteiger partial charge in [0.25, 0.3) is 0 Å². The third-order valence-electron chi connectivity index (χ3n) is 4.84. The number of amides is 1. The lowest BCUT2D eigenvalue weighted by Gasteiger charge is -2.23. The minimum atomic E-state index is -1.02. The Kier molecular flexibility index (Phi) is 5.02. The molecule has 3 rings (SSSR count). The maximum Gasteiger partial charge on any atom is 0.308 e. The second kappa shape index (κ2) is 7.23. The molecule has 1 saturated carbocycles. The normalized spacial score (nSPS) is 20.9. The van der Waals surface area contributed by atoms with Crippen molar-refractivity contribution in [3.05, 3.63) is 71.3 Å². The summed E-state index contributed by atoms with van der Waals surface area (Å²) in [5.74, 6) is -4.23.